The Kier molecular flexibility index (Phi) is 5.55. The third-order valence-electron chi connectivity index (χ3n) is 1.89. The smallest absolute Gasteiger partial charge is 0.149 e. The van der Waals surface area contributed by atoms with Crippen LogP contribution in [0.1, 0.15) is 27.7 Å². The summed E-state index contributed by atoms with van der Waals surface area (Å²) in [6.45, 7) is 8.03. The van der Waals surface area contributed by atoms with Gasteiger partial charge in [-0.15, -0.1) is 0 Å². The van der Waals surface area contributed by atoms with Crippen molar-refractivity contribution in [2.45, 2.75) is 27.7 Å². The molecule has 0 unspecified atom stereocenters. The first-order valence-corrected chi connectivity index (χ1v) is 4.71. The van der Waals surface area contributed by atoms with Crippen molar-refractivity contribution in [1.82, 2.24) is 5.32 Å². The summed E-state index contributed by atoms with van der Waals surface area (Å²) < 4.78 is 0. The van der Waals surface area contributed by atoms with Gasteiger partial charge in [0.25, 0.3) is 0 Å². The molecule has 13 heavy (non-hydrogen) atoms. The number of hydrogen-bond acceptors (Lipinski definition) is 3. The quantitative estimate of drug-likeness (QED) is 0.672. The monoisotopic (exact) mass is 185 g/mol. The minimum absolute atomic E-state index is 0.0432. The lowest BCUT2D eigenvalue weighted by molar-refractivity contribution is -0.122. The average molecular weight is 185 g/mol. The lowest BCUT2D eigenvalue weighted by Gasteiger charge is -2.07. The minimum atomic E-state index is 0.0432. The third-order valence-corrected chi connectivity index (χ3v) is 1.89. The lowest BCUT2D eigenvalue weighted by atomic mass is 10.1. The van der Waals surface area contributed by atoms with E-state index in [-0.39, 0.29) is 23.4 Å². The molecule has 0 saturated carbocycles. The summed E-state index contributed by atoms with van der Waals surface area (Å²) in [4.78, 5) is 22.2. The fourth-order valence-corrected chi connectivity index (χ4v) is 0.717. The molecule has 0 aromatic carbocycles. The van der Waals surface area contributed by atoms with Gasteiger partial charge >= 0.3 is 0 Å². The van der Waals surface area contributed by atoms with Crippen molar-refractivity contribution < 1.29 is 9.59 Å². The number of carbonyl (C=O) groups excluding carboxylic acids is 2. The summed E-state index contributed by atoms with van der Waals surface area (Å²) in [6, 6.07) is 0. The minimum Gasteiger partial charge on any atom is -0.303 e. The van der Waals surface area contributed by atoms with Crippen LogP contribution in [0.5, 0.6) is 0 Å². The fourth-order valence-electron chi connectivity index (χ4n) is 0.717. The average Bonchev–Trinajstić information content (AvgIpc) is 2.03. The first kappa shape index (κ1) is 12.3. The summed E-state index contributed by atoms with van der Waals surface area (Å²) in [5.41, 5.74) is 0. The van der Waals surface area contributed by atoms with Gasteiger partial charge in [-0.1, -0.05) is 27.7 Å². The summed E-state index contributed by atoms with van der Waals surface area (Å²) in [6.07, 6.45) is 0. The van der Waals surface area contributed by atoms with Gasteiger partial charge in [0.2, 0.25) is 0 Å². The number of rotatable bonds is 6. The topological polar surface area (TPSA) is 46.2 Å². The molecule has 3 heteroatoms. The molecule has 0 atom stereocenters. The van der Waals surface area contributed by atoms with Crippen LogP contribution >= 0.6 is 0 Å². The second kappa shape index (κ2) is 5.86. The molecule has 1 N–H and O–H groups in total. The molecular weight excluding hydrogens is 166 g/mol. The van der Waals surface area contributed by atoms with Crippen molar-refractivity contribution in [2.24, 2.45) is 11.8 Å². The fraction of sp³-hybridized carbons (Fsp3) is 0.800. The lowest BCUT2D eigenvalue weighted by Crippen LogP contribution is -2.32. The van der Waals surface area contributed by atoms with Crippen LogP contribution in [0.4, 0.5) is 0 Å². The van der Waals surface area contributed by atoms with Crippen molar-refractivity contribution in [3.8, 4) is 0 Å². The van der Waals surface area contributed by atoms with Crippen LogP contribution in [0, 0.1) is 11.8 Å². The van der Waals surface area contributed by atoms with E-state index >= 15 is 0 Å². The molecule has 0 spiro atoms. The van der Waals surface area contributed by atoms with Crippen LogP contribution in [0.3, 0.4) is 0 Å². The summed E-state index contributed by atoms with van der Waals surface area (Å²) in [5, 5.41) is 2.85. The number of Topliss-reactive ketones (excluding diaryl/α,β-unsaturated/α-hetero) is 2. The van der Waals surface area contributed by atoms with Gasteiger partial charge in [0.15, 0.2) is 0 Å². The Bertz CT molecular complexity index is 165. The van der Waals surface area contributed by atoms with E-state index in [0.29, 0.717) is 13.1 Å². The molecule has 0 aromatic rings. The van der Waals surface area contributed by atoms with Crippen molar-refractivity contribution >= 4 is 11.6 Å². The Labute approximate surface area is 79.9 Å². The Morgan fingerprint density at radius 3 is 1.46 bits per heavy atom. The predicted octanol–water partition coefficient (Wildman–Crippen LogP) is 1.03. The molecule has 0 fully saturated rings. The second-order valence-electron chi connectivity index (χ2n) is 3.85. The summed E-state index contributed by atoms with van der Waals surface area (Å²) in [7, 11) is 0. The summed E-state index contributed by atoms with van der Waals surface area (Å²) in [5.74, 6) is 0.386. The highest BCUT2D eigenvalue weighted by Gasteiger charge is 2.09. The predicted molar refractivity (Wildman–Crippen MR) is 52.6 cm³/mol. The molecular formula is C10H19NO2. The van der Waals surface area contributed by atoms with Gasteiger partial charge in [-0.3, -0.25) is 9.59 Å². The Hall–Kier alpha value is -0.700. The second-order valence-corrected chi connectivity index (χ2v) is 3.85. The van der Waals surface area contributed by atoms with Gasteiger partial charge in [-0.25, -0.2) is 0 Å². The van der Waals surface area contributed by atoms with E-state index in [4.69, 9.17) is 0 Å². The van der Waals surface area contributed by atoms with E-state index in [0.717, 1.165) is 0 Å². The number of carbonyl (C=O) groups is 2. The Morgan fingerprint density at radius 2 is 1.23 bits per heavy atom. The van der Waals surface area contributed by atoms with Crippen LogP contribution in [0.25, 0.3) is 0 Å². The van der Waals surface area contributed by atoms with Gasteiger partial charge in [-0.05, 0) is 0 Å². The Balaban J connectivity index is 3.57. The van der Waals surface area contributed by atoms with Crippen molar-refractivity contribution in [1.29, 1.82) is 0 Å². The molecule has 0 saturated heterocycles. The first-order valence-electron chi connectivity index (χ1n) is 4.71. The SMILES string of the molecule is CC(C)C(=O)CNCC(=O)C(C)C. The van der Waals surface area contributed by atoms with Crippen LogP contribution in [-0.4, -0.2) is 24.7 Å². The highest BCUT2D eigenvalue weighted by molar-refractivity contribution is 5.85. The maximum atomic E-state index is 11.1. The van der Waals surface area contributed by atoms with Gasteiger partial charge in [0.05, 0.1) is 13.1 Å². The maximum absolute atomic E-state index is 11.1. The molecule has 0 aliphatic heterocycles. The van der Waals surface area contributed by atoms with E-state index in [2.05, 4.69) is 5.32 Å². The molecule has 0 radical (unpaired) electrons. The normalized spacial score (nSPS) is 10.9. The van der Waals surface area contributed by atoms with Crippen LogP contribution in [0.15, 0.2) is 0 Å². The van der Waals surface area contributed by atoms with Crippen molar-refractivity contribution in [2.75, 3.05) is 13.1 Å². The van der Waals surface area contributed by atoms with Gasteiger partial charge in [-0.2, -0.15) is 0 Å². The molecule has 76 valence electrons. The van der Waals surface area contributed by atoms with Gasteiger partial charge in [0, 0.05) is 11.8 Å². The molecule has 0 bridgehead atoms. The zero-order chi connectivity index (χ0) is 10.4. The molecule has 0 aliphatic rings. The molecule has 3 nitrogen and oxygen atoms in total. The third kappa shape index (κ3) is 5.53. The van der Waals surface area contributed by atoms with Gasteiger partial charge < -0.3 is 5.32 Å². The standard InChI is InChI=1S/C10H19NO2/c1-7(2)9(12)5-11-6-10(13)8(3)4/h7-8,11H,5-6H2,1-4H3. The van der Waals surface area contributed by atoms with Crippen molar-refractivity contribution in [3.05, 3.63) is 0 Å². The molecule has 0 amide bonds. The Morgan fingerprint density at radius 1 is 0.923 bits per heavy atom. The van der Waals surface area contributed by atoms with Gasteiger partial charge in [0.1, 0.15) is 11.6 Å². The summed E-state index contributed by atoms with van der Waals surface area (Å²) >= 11 is 0. The number of hydrogen-bond donors (Lipinski definition) is 1. The van der Waals surface area contributed by atoms with E-state index in [1.165, 1.54) is 0 Å². The molecule has 0 heterocycles. The van der Waals surface area contributed by atoms with E-state index in [9.17, 15) is 9.59 Å². The van der Waals surface area contributed by atoms with E-state index in [1.807, 2.05) is 27.7 Å². The largest absolute Gasteiger partial charge is 0.303 e. The number of nitrogens with one attached hydrogen (secondary N) is 1. The van der Waals surface area contributed by atoms with E-state index in [1.54, 1.807) is 0 Å². The molecule has 0 aromatic heterocycles. The highest BCUT2D eigenvalue weighted by atomic mass is 16.1. The maximum Gasteiger partial charge on any atom is 0.149 e. The highest BCUT2D eigenvalue weighted by Crippen LogP contribution is 1.94. The zero-order valence-corrected chi connectivity index (χ0v) is 8.89. The zero-order valence-electron chi connectivity index (χ0n) is 8.89. The van der Waals surface area contributed by atoms with Crippen molar-refractivity contribution in [3.63, 3.8) is 0 Å². The van der Waals surface area contributed by atoms with Crippen LogP contribution < -0.4 is 5.32 Å². The molecule has 0 aliphatic carbocycles. The number of ketones is 2. The van der Waals surface area contributed by atoms with Crippen LogP contribution in [0.2, 0.25) is 0 Å². The molecule has 0 rings (SSSR count). The van der Waals surface area contributed by atoms with Crippen LogP contribution in [-0.2, 0) is 9.59 Å². The van der Waals surface area contributed by atoms with E-state index < -0.39 is 0 Å². The first-order chi connectivity index (χ1) is 5.95.